The zero-order chi connectivity index (χ0) is 24.6. The predicted molar refractivity (Wildman–Crippen MR) is 134 cm³/mol. The van der Waals surface area contributed by atoms with E-state index in [0.717, 1.165) is 25.7 Å². The third-order valence-electron chi connectivity index (χ3n) is 5.86. The summed E-state index contributed by atoms with van der Waals surface area (Å²) in [5.41, 5.74) is -0.783. The normalized spacial score (nSPS) is 12.2. The average molecular weight is 455 g/mol. The third-order valence-corrected chi connectivity index (χ3v) is 5.86. The first-order valence-corrected chi connectivity index (χ1v) is 13.3. The monoisotopic (exact) mass is 454 g/mol. The van der Waals surface area contributed by atoms with Gasteiger partial charge in [-0.3, -0.25) is 9.59 Å². The van der Waals surface area contributed by atoms with E-state index < -0.39 is 5.41 Å². The van der Waals surface area contributed by atoms with Crippen molar-refractivity contribution < 1.29 is 19.1 Å². The highest BCUT2D eigenvalue weighted by Gasteiger charge is 2.43. The van der Waals surface area contributed by atoms with Crippen LogP contribution >= 0.6 is 0 Å². The van der Waals surface area contributed by atoms with Gasteiger partial charge in [0, 0.05) is 0 Å². The lowest BCUT2D eigenvalue weighted by atomic mass is 9.72. The largest absolute Gasteiger partial charge is 0.466 e. The quantitative estimate of drug-likeness (QED) is 0.147. The zero-order valence-electron chi connectivity index (χ0n) is 22.6. The molecule has 0 N–H and O–H groups in total. The number of rotatable bonds is 19. The maximum Gasteiger partial charge on any atom is 0.312 e. The Morgan fingerprint density at radius 1 is 0.594 bits per heavy atom. The van der Waals surface area contributed by atoms with E-state index in [2.05, 4.69) is 55.4 Å². The molecule has 0 aliphatic rings. The Morgan fingerprint density at radius 2 is 1.03 bits per heavy atom. The number of hydrogen-bond donors (Lipinski definition) is 0. The van der Waals surface area contributed by atoms with E-state index in [-0.39, 0.29) is 18.4 Å². The summed E-state index contributed by atoms with van der Waals surface area (Å²) < 4.78 is 11.3. The first-order valence-electron chi connectivity index (χ1n) is 13.3. The Labute approximate surface area is 199 Å². The van der Waals surface area contributed by atoms with Crippen LogP contribution in [-0.2, 0) is 19.1 Å². The van der Waals surface area contributed by atoms with Gasteiger partial charge >= 0.3 is 11.9 Å². The summed E-state index contributed by atoms with van der Waals surface area (Å²) in [5.74, 6) is 1.56. The van der Waals surface area contributed by atoms with Gasteiger partial charge in [-0.15, -0.1) is 0 Å². The predicted octanol–water partition coefficient (Wildman–Crippen LogP) is 7.97. The maximum absolute atomic E-state index is 13.3. The van der Waals surface area contributed by atoms with Gasteiger partial charge in [0.15, 0.2) is 0 Å². The molecular weight excluding hydrogens is 400 g/mol. The van der Waals surface area contributed by atoms with Crippen LogP contribution in [0.5, 0.6) is 0 Å². The third kappa shape index (κ3) is 15.7. The van der Waals surface area contributed by atoms with Crippen molar-refractivity contribution in [3.8, 4) is 0 Å². The minimum atomic E-state index is -0.783. The van der Waals surface area contributed by atoms with Crippen molar-refractivity contribution in [1.82, 2.24) is 0 Å². The maximum atomic E-state index is 13.3. The number of carbonyl (C=O) groups is 2. The lowest BCUT2D eigenvalue weighted by Crippen LogP contribution is -2.38. The summed E-state index contributed by atoms with van der Waals surface area (Å²) in [6.07, 6.45) is 10.1. The van der Waals surface area contributed by atoms with Crippen LogP contribution in [0, 0.1) is 29.1 Å². The van der Waals surface area contributed by atoms with Crippen LogP contribution in [0.3, 0.4) is 0 Å². The van der Waals surface area contributed by atoms with Crippen LogP contribution < -0.4 is 0 Å². The molecule has 0 atom stereocenters. The van der Waals surface area contributed by atoms with E-state index in [0.29, 0.717) is 49.7 Å². The van der Waals surface area contributed by atoms with Crippen molar-refractivity contribution >= 4 is 11.9 Å². The van der Waals surface area contributed by atoms with E-state index in [1.165, 1.54) is 25.7 Å². The molecule has 0 aliphatic heterocycles. The fraction of sp³-hybridized carbons (Fsp3) is 0.929. The van der Waals surface area contributed by atoms with Gasteiger partial charge in [0.25, 0.3) is 0 Å². The lowest BCUT2D eigenvalue weighted by molar-refractivity contribution is -0.165. The molecule has 0 bridgehead atoms. The molecule has 0 unspecified atom stereocenters. The van der Waals surface area contributed by atoms with E-state index in [1.54, 1.807) is 0 Å². The molecule has 0 aromatic rings. The Kier molecular flexibility index (Phi) is 16.8. The smallest absolute Gasteiger partial charge is 0.312 e. The zero-order valence-corrected chi connectivity index (χ0v) is 22.6. The molecule has 0 fully saturated rings. The number of esters is 2. The Hall–Kier alpha value is -1.06. The second-order valence-electron chi connectivity index (χ2n) is 11.5. The van der Waals surface area contributed by atoms with Gasteiger partial charge in [0.05, 0.1) is 25.0 Å². The molecule has 0 aromatic carbocycles. The van der Waals surface area contributed by atoms with Crippen LogP contribution in [0.2, 0.25) is 0 Å². The van der Waals surface area contributed by atoms with Crippen LogP contribution in [0.15, 0.2) is 0 Å². The van der Waals surface area contributed by atoms with Gasteiger partial charge in [0.1, 0.15) is 0 Å². The SMILES string of the molecule is CC(C)CCCCCOC(=O)CC(CC(C)C)(CC(C)C)C(=O)OCCCCCC(C)C. The van der Waals surface area contributed by atoms with Crippen molar-refractivity contribution in [1.29, 1.82) is 0 Å². The Balaban J connectivity index is 4.84. The van der Waals surface area contributed by atoms with Gasteiger partial charge < -0.3 is 9.47 Å². The molecule has 4 nitrogen and oxygen atoms in total. The van der Waals surface area contributed by atoms with E-state index in [4.69, 9.17) is 9.47 Å². The Morgan fingerprint density at radius 3 is 1.44 bits per heavy atom. The summed E-state index contributed by atoms with van der Waals surface area (Å²) in [6.45, 7) is 18.2. The molecule has 0 aromatic heterocycles. The minimum Gasteiger partial charge on any atom is -0.466 e. The van der Waals surface area contributed by atoms with Crippen LogP contribution in [-0.4, -0.2) is 25.2 Å². The van der Waals surface area contributed by atoms with Gasteiger partial charge in [-0.25, -0.2) is 0 Å². The standard InChI is InChI=1S/C28H54O4/c1-22(2)15-11-9-13-17-31-26(29)21-28(19-24(5)6,20-25(7)8)27(30)32-18-14-10-12-16-23(3)4/h22-25H,9-21H2,1-8H3. The van der Waals surface area contributed by atoms with Gasteiger partial charge in [0.2, 0.25) is 0 Å². The molecular formula is C28H54O4. The molecule has 0 aliphatic carbocycles. The number of unbranched alkanes of at least 4 members (excludes halogenated alkanes) is 4. The van der Waals surface area contributed by atoms with Crippen LogP contribution in [0.25, 0.3) is 0 Å². The molecule has 0 heterocycles. The summed E-state index contributed by atoms with van der Waals surface area (Å²) in [4.78, 5) is 26.0. The fourth-order valence-corrected chi connectivity index (χ4v) is 4.52. The van der Waals surface area contributed by atoms with Crippen molar-refractivity contribution in [2.24, 2.45) is 29.1 Å². The highest BCUT2D eigenvalue weighted by atomic mass is 16.5. The summed E-state index contributed by atoms with van der Waals surface area (Å²) in [6, 6.07) is 0. The van der Waals surface area contributed by atoms with Crippen LogP contribution in [0.1, 0.15) is 126 Å². The highest BCUT2D eigenvalue weighted by molar-refractivity contribution is 5.83. The molecule has 0 saturated heterocycles. The number of carbonyl (C=O) groups excluding carboxylic acids is 2. The number of ether oxygens (including phenoxy) is 2. The fourth-order valence-electron chi connectivity index (χ4n) is 4.52. The van der Waals surface area contributed by atoms with Gasteiger partial charge in [-0.2, -0.15) is 0 Å². The van der Waals surface area contributed by atoms with Crippen molar-refractivity contribution in [3.63, 3.8) is 0 Å². The summed E-state index contributed by atoms with van der Waals surface area (Å²) in [7, 11) is 0. The highest BCUT2D eigenvalue weighted by Crippen LogP contribution is 2.39. The first-order chi connectivity index (χ1) is 15.0. The molecule has 0 saturated carbocycles. The van der Waals surface area contributed by atoms with Crippen molar-refractivity contribution in [2.75, 3.05) is 13.2 Å². The van der Waals surface area contributed by atoms with E-state index >= 15 is 0 Å². The molecule has 32 heavy (non-hydrogen) atoms. The van der Waals surface area contributed by atoms with Crippen molar-refractivity contribution in [2.45, 2.75) is 126 Å². The summed E-state index contributed by atoms with van der Waals surface area (Å²) in [5, 5.41) is 0. The summed E-state index contributed by atoms with van der Waals surface area (Å²) >= 11 is 0. The van der Waals surface area contributed by atoms with Gasteiger partial charge in [-0.05, 0) is 49.4 Å². The Bertz CT molecular complexity index is 484. The lowest BCUT2D eigenvalue weighted by Gasteiger charge is -2.34. The molecule has 0 rings (SSSR count). The second kappa shape index (κ2) is 17.4. The topological polar surface area (TPSA) is 52.6 Å². The molecule has 4 heteroatoms. The number of hydrogen-bond acceptors (Lipinski definition) is 4. The molecule has 0 amide bonds. The average Bonchev–Trinajstić information content (AvgIpc) is 2.65. The van der Waals surface area contributed by atoms with Crippen molar-refractivity contribution in [3.05, 3.63) is 0 Å². The van der Waals surface area contributed by atoms with E-state index in [1.807, 2.05) is 0 Å². The first kappa shape index (κ1) is 30.9. The van der Waals surface area contributed by atoms with E-state index in [9.17, 15) is 9.59 Å². The second-order valence-corrected chi connectivity index (χ2v) is 11.5. The molecule has 0 radical (unpaired) electrons. The minimum absolute atomic E-state index is 0.127. The molecule has 190 valence electrons. The van der Waals surface area contributed by atoms with Crippen LogP contribution in [0.4, 0.5) is 0 Å². The molecule has 0 spiro atoms. The van der Waals surface area contributed by atoms with Gasteiger partial charge in [-0.1, -0.05) is 93.9 Å².